The van der Waals surface area contributed by atoms with Gasteiger partial charge in [-0.05, 0) is 43.9 Å². The number of aromatic carboxylic acids is 1. The Morgan fingerprint density at radius 2 is 1.88 bits per heavy atom. The molecule has 2 aromatic rings. The van der Waals surface area contributed by atoms with Gasteiger partial charge in [0, 0.05) is 15.7 Å². The first-order valence-electron chi connectivity index (χ1n) is 7.85. The molecule has 0 aliphatic carbocycles. The van der Waals surface area contributed by atoms with Crippen LogP contribution in [0, 0.1) is 13.8 Å². The fourth-order valence-electron chi connectivity index (χ4n) is 2.43. The van der Waals surface area contributed by atoms with E-state index in [2.05, 4.69) is 63.3 Å². The summed E-state index contributed by atoms with van der Waals surface area (Å²) in [4.78, 5) is 19.8. The molecule has 1 unspecified atom stereocenters. The van der Waals surface area contributed by atoms with E-state index in [1.807, 2.05) is 6.92 Å². The summed E-state index contributed by atoms with van der Waals surface area (Å²) in [6, 6.07) is 6.22. The second-order valence-electron chi connectivity index (χ2n) is 6.21. The van der Waals surface area contributed by atoms with Crippen molar-refractivity contribution in [1.82, 2.24) is 9.97 Å². The number of anilines is 1. The van der Waals surface area contributed by atoms with E-state index < -0.39 is 5.97 Å². The van der Waals surface area contributed by atoms with E-state index in [4.69, 9.17) is 0 Å². The third-order valence-electron chi connectivity index (χ3n) is 4.10. The van der Waals surface area contributed by atoms with Crippen molar-refractivity contribution >= 4 is 27.8 Å². The topological polar surface area (TPSA) is 75.1 Å². The second-order valence-corrected chi connectivity index (χ2v) is 7.07. The summed E-state index contributed by atoms with van der Waals surface area (Å²) < 4.78 is 1.01. The Hall–Kier alpha value is -1.95. The van der Waals surface area contributed by atoms with Gasteiger partial charge in [0.15, 0.2) is 5.69 Å². The Bertz CT molecular complexity index is 775. The van der Waals surface area contributed by atoms with Gasteiger partial charge in [-0.15, -0.1) is 0 Å². The van der Waals surface area contributed by atoms with E-state index in [9.17, 15) is 9.90 Å². The minimum Gasteiger partial charge on any atom is -0.476 e. The number of hydrogen-bond acceptors (Lipinski definition) is 4. The van der Waals surface area contributed by atoms with Gasteiger partial charge >= 0.3 is 5.97 Å². The van der Waals surface area contributed by atoms with Crippen LogP contribution in [0.3, 0.4) is 0 Å². The van der Waals surface area contributed by atoms with Gasteiger partial charge in [-0.25, -0.2) is 14.8 Å². The molecular formula is C18H22BrN3O2. The highest BCUT2D eigenvalue weighted by Gasteiger charge is 2.17. The van der Waals surface area contributed by atoms with Gasteiger partial charge < -0.3 is 10.4 Å². The van der Waals surface area contributed by atoms with Crippen LogP contribution < -0.4 is 5.32 Å². The number of aromatic nitrogens is 2. The molecule has 1 heterocycles. The van der Waals surface area contributed by atoms with Crippen molar-refractivity contribution in [2.24, 2.45) is 0 Å². The SMILES string of the molecule is Cc1nc(NC(C)c2ccc(C(C)C)cc2Br)nc(C(=O)O)c1C. The normalized spacial score (nSPS) is 12.3. The van der Waals surface area contributed by atoms with Gasteiger partial charge in [-0.1, -0.05) is 41.9 Å². The highest BCUT2D eigenvalue weighted by atomic mass is 79.9. The Kier molecular flexibility index (Phi) is 5.59. The maximum atomic E-state index is 11.3. The summed E-state index contributed by atoms with van der Waals surface area (Å²) >= 11 is 3.62. The third-order valence-corrected chi connectivity index (χ3v) is 4.78. The maximum absolute atomic E-state index is 11.3. The fourth-order valence-corrected chi connectivity index (χ4v) is 3.17. The fraction of sp³-hybridized carbons (Fsp3) is 0.389. The summed E-state index contributed by atoms with van der Waals surface area (Å²) in [6.07, 6.45) is 0. The first kappa shape index (κ1) is 18.4. The average Bonchev–Trinajstić information content (AvgIpc) is 2.49. The highest BCUT2D eigenvalue weighted by Crippen LogP contribution is 2.29. The van der Waals surface area contributed by atoms with Gasteiger partial charge in [0.05, 0.1) is 6.04 Å². The molecule has 2 N–H and O–H groups in total. The van der Waals surface area contributed by atoms with Crippen molar-refractivity contribution in [3.63, 3.8) is 0 Å². The minimum atomic E-state index is -1.05. The molecule has 0 amide bonds. The average molecular weight is 392 g/mol. The zero-order valence-corrected chi connectivity index (χ0v) is 16.1. The lowest BCUT2D eigenvalue weighted by atomic mass is 9.99. The van der Waals surface area contributed by atoms with E-state index in [1.165, 1.54) is 5.56 Å². The van der Waals surface area contributed by atoms with Crippen molar-refractivity contribution in [2.75, 3.05) is 5.32 Å². The van der Waals surface area contributed by atoms with Crippen LogP contribution in [-0.2, 0) is 0 Å². The zero-order valence-electron chi connectivity index (χ0n) is 14.5. The van der Waals surface area contributed by atoms with Crippen molar-refractivity contribution < 1.29 is 9.90 Å². The standard InChI is InChI=1S/C18H22BrN3O2/c1-9(2)13-6-7-14(15(19)8-13)12(5)21-18-20-11(4)10(3)16(22-18)17(23)24/h6-9,12H,1-5H3,(H,23,24)(H,20,21,22). The van der Waals surface area contributed by atoms with Crippen LogP contribution in [0.5, 0.6) is 0 Å². The summed E-state index contributed by atoms with van der Waals surface area (Å²) in [6.45, 7) is 9.80. The number of carboxylic acids is 1. The van der Waals surface area contributed by atoms with E-state index in [-0.39, 0.29) is 11.7 Å². The zero-order chi connectivity index (χ0) is 18.0. The molecule has 0 saturated carbocycles. The number of hydrogen-bond donors (Lipinski definition) is 2. The number of carboxylic acid groups (broad SMARTS) is 1. The molecule has 0 aliphatic rings. The molecule has 24 heavy (non-hydrogen) atoms. The lowest BCUT2D eigenvalue weighted by molar-refractivity contribution is 0.0689. The Morgan fingerprint density at radius 3 is 2.42 bits per heavy atom. The van der Waals surface area contributed by atoms with E-state index in [1.54, 1.807) is 13.8 Å². The van der Waals surface area contributed by atoms with Crippen LogP contribution in [-0.4, -0.2) is 21.0 Å². The van der Waals surface area contributed by atoms with E-state index in [0.29, 0.717) is 23.1 Å². The van der Waals surface area contributed by atoms with Crippen molar-refractivity contribution in [3.8, 4) is 0 Å². The number of nitrogens with one attached hydrogen (secondary N) is 1. The van der Waals surface area contributed by atoms with Crippen LogP contribution >= 0.6 is 15.9 Å². The largest absolute Gasteiger partial charge is 0.476 e. The second kappa shape index (κ2) is 7.30. The molecule has 1 aromatic heterocycles. The number of rotatable bonds is 5. The van der Waals surface area contributed by atoms with Gasteiger partial charge in [0.1, 0.15) is 0 Å². The van der Waals surface area contributed by atoms with Crippen molar-refractivity contribution in [1.29, 1.82) is 0 Å². The van der Waals surface area contributed by atoms with Gasteiger partial charge in [0.25, 0.3) is 0 Å². The van der Waals surface area contributed by atoms with Crippen molar-refractivity contribution in [3.05, 3.63) is 50.8 Å². The molecule has 0 radical (unpaired) electrons. The Labute approximate surface area is 150 Å². The summed E-state index contributed by atoms with van der Waals surface area (Å²) in [5, 5.41) is 12.5. The van der Waals surface area contributed by atoms with E-state index >= 15 is 0 Å². The van der Waals surface area contributed by atoms with Crippen LogP contribution in [0.4, 0.5) is 5.95 Å². The highest BCUT2D eigenvalue weighted by molar-refractivity contribution is 9.10. The van der Waals surface area contributed by atoms with Crippen LogP contribution in [0.25, 0.3) is 0 Å². The molecule has 0 aliphatic heterocycles. The number of halogens is 1. The molecule has 0 spiro atoms. The quantitative estimate of drug-likeness (QED) is 0.761. The third kappa shape index (κ3) is 3.93. The predicted molar refractivity (Wildman–Crippen MR) is 98.7 cm³/mol. The summed E-state index contributed by atoms with van der Waals surface area (Å²) in [7, 11) is 0. The smallest absolute Gasteiger partial charge is 0.354 e. The van der Waals surface area contributed by atoms with Gasteiger partial charge in [0.2, 0.25) is 5.95 Å². The molecule has 128 valence electrons. The van der Waals surface area contributed by atoms with Crippen LogP contribution in [0.15, 0.2) is 22.7 Å². The lowest BCUT2D eigenvalue weighted by Gasteiger charge is -2.18. The molecular weight excluding hydrogens is 370 g/mol. The molecule has 6 heteroatoms. The van der Waals surface area contributed by atoms with Gasteiger partial charge in [-0.2, -0.15) is 0 Å². The lowest BCUT2D eigenvalue weighted by Crippen LogP contribution is -2.14. The Morgan fingerprint density at radius 1 is 1.21 bits per heavy atom. The maximum Gasteiger partial charge on any atom is 0.354 e. The predicted octanol–water partition coefficient (Wildman–Crippen LogP) is 4.85. The van der Waals surface area contributed by atoms with Crippen LogP contribution in [0.2, 0.25) is 0 Å². The number of nitrogens with zero attached hydrogens (tertiary/aromatic N) is 2. The first-order valence-corrected chi connectivity index (χ1v) is 8.64. The van der Waals surface area contributed by atoms with E-state index in [0.717, 1.165) is 10.0 Å². The minimum absolute atomic E-state index is 0.0337. The van der Waals surface area contributed by atoms with Gasteiger partial charge in [-0.3, -0.25) is 0 Å². The molecule has 0 saturated heterocycles. The molecule has 0 fully saturated rings. The van der Waals surface area contributed by atoms with Crippen molar-refractivity contribution in [2.45, 2.75) is 46.6 Å². The molecule has 0 bridgehead atoms. The number of benzene rings is 1. The van der Waals surface area contributed by atoms with Crippen LogP contribution in [0.1, 0.15) is 65.6 Å². The summed E-state index contributed by atoms with van der Waals surface area (Å²) in [5.41, 5.74) is 3.60. The Balaban J connectivity index is 2.30. The first-order chi connectivity index (χ1) is 11.2. The summed E-state index contributed by atoms with van der Waals surface area (Å²) in [5.74, 6) is -0.265. The number of carbonyl (C=O) groups is 1. The molecule has 2 rings (SSSR count). The monoisotopic (exact) mass is 391 g/mol. The molecule has 1 atom stereocenters. The molecule has 1 aromatic carbocycles. The number of aryl methyl sites for hydroxylation is 1. The molecule has 5 nitrogen and oxygen atoms in total.